The lowest BCUT2D eigenvalue weighted by Crippen LogP contribution is -2.55. The van der Waals surface area contributed by atoms with E-state index in [0.29, 0.717) is 19.6 Å². The van der Waals surface area contributed by atoms with Gasteiger partial charge in [0.05, 0.1) is 12.2 Å². The number of hydrogen-bond acceptors (Lipinski definition) is 8. The van der Waals surface area contributed by atoms with Crippen molar-refractivity contribution in [2.24, 2.45) is 0 Å². The lowest BCUT2D eigenvalue weighted by atomic mass is 10.1. The number of nitrogens with one attached hydrogen (secondary N) is 1. The zero-order valence-electron chi connectivity index (χ0n) is 11.9. The van der Waals surface area contributed by atoms with Crippen molar-refractivity contribution in [3.63, 3.8) is 0 Å². The molecular weight excluding hydrogens is 340 g/mol. The van der Waals surface area contributed by atoms with Crippen LogP contribution in [-0.2, 0) is 20.2 Å². The summed E-state index contributed by atoms with van der Waals surface area (Å²) >= 11 is 0. The van der Waals surface area contributed by atoms with Crippen molar-refractivity contribution < 1.29 is 36.2 Å². The van der Waals surface area contributed by atoms with Crippen molar-refractivity contribution in [2.45, 2.75) is 24.7 Å². The van der Waals surface area contributed by atoms with Gasteiger partial charge in [-0.2, -0.15) is 16.8 Å². The lowest BCUT2D eigenvalue weighted by Gasteiger charge is -2.38. The minimum atomic E-state index is -4.29. The third-order valence-electron chi connectivity index (χ3n) is 3.27. The van der Waals surface area contributed by atoms with Gasteiger partial charge in [-0.05, 0) is 6.42 Å². The van der Waals surface area contributed by atoms with Crippen LogP contribution in [0.3, 0.4) is 0 Å². The van der Waals surface area contributed by atoms with Crippen LogP contribution >= 0.6 is 0 Å². The Morgan fingerprint density at radius 1 is 1.05 bits per heavy atom. The highest BCUT2D eigenvalue weighted by Gasteiger charge is 2.28. The number of nitrogens with zero attached hydrogens (tertiary/aromatic N) is 1. The van der Waals surface area contributed by atoms with Gasteiger partial charge in [0.2, 0.25) is 0 Å². The number of aliphatic hydroxyl groups is 2. The molecule has 1 aliphatic rings. The summed E-state index contributed by atoms with van der Waals surface area (Å²) in [5.74, 6) is -1.58. The van der Waals surface area contributed by atoms with Gasteiger partial charge in [-0.3, -0.25) is 14.0 Å². The highest BCUT2D eigenvalue weighted by Crippen LogP contribution is 2.12. The molecule has 12 heteroatoms. The third-order valence-corrected chi connectivity index (χ3v) is 4.88. The minimum absolute atomic E-state index is 0.0331. The van der Waals surface area contributed by atoms with Crippen LogP contribution in [0.5, 0.6) is 0 Å². The Labute approximate surface area is 129 Å². The summed E-state index contributed by atoms with van der Waals surface area (Å²) in [6.45, 7) is 1.43. The molecule has 22 heavy (non-hydrogen) atoms. The molecule has 3 atom stereocenters. The molecule has 0 saturated carbocycles. The Hall–Kier alpha value is -0.340. The Morgan fingerprint density at radius 2 is 1.59 bits per heavy atom. The number of piperazine rings is 1. The summed E-state index contributed by atoms with van der Waals surface area (Å²) in [6, 6.07) is -0.332. The van der Waals surface area contributed by atoms with Crippen LogP contribution in [0.15, 0.2) is 0 Å². The third kappa shape index (κ3) is 8.33. The molecule has 0 aromatic rings. The van der Waals surface area contributed by atoms with Crippen LogP contribution in [-0.4, -0.2) is 97.0 Å². The van der Waals surface area contributed by atoms with Crippen LogP contribution in [0.1, 0.15) is 6.42 Å². The molecule has 1 rings (SSSR count). The first-order valence-electron chi connectivity index (χ1n) is 6.67. The molecule has 1 aliphatic heterocycles. The van der Waals surface area contributed by atoms with Gasteiger partial charge in [-0.25, -0.2) is 0 Å². The molecular formula is C10H22N2O8S2. The molecule has 0 aromatic carbocycles. The van der Waals surface area contributed by atoms with E-state index < -0.39 is 43.9 Å². The molecule has 0 spiro atoms. The first-order chi connectivity index (χ1) is 9.96. The number of aliphatic hydroxyl groups excluding tert-OH is 2. The molecule has 132 valence electrons. The quantitative estimate of drug-likeness (QED) is 0.284. The molecule has 0 aliphatic carbocycles. The predicted octanol–water partition coefficient (Wildman–Crippen LogP) is -2.85. The average molecular weight is 362 g/mol. The molecule has 1 saturated heterocycles. The molecule has 1 heterocycles. The average Bonchev–Trinajstić information content (AvgIpc) is 2.26. The van der Waals surface area contributed by atoms with E-state index in [-0.39, 0.29) is 19.0 Å². The van der Waals surface area contributed by atoms with E-state index in [2.05, 4.69) is 5.32 Å². The van der Waals surface area contributed by atoms with Gasteiger partial charge in [-0.1, -0.05) is 0 Å². The van der Waals surface area contributed by atoms with Crippen molar-refractivity contribution in [1.29, 1.82) is 0 Å². The van der Waals surface area contributed by atoms with Gasteiger partial charge >= 0.3 is 0 Å². The first-order valence-corrected chi connectivity index (χ1v) is 9.89. The van der Waals surface area contributed by atoms with Crippen molar-refractivity contribution in [2.75, 3.05) is 37.7 Å². The van der Waals surface area contributed by atoms with Gasteiger partial charge in [0.1, 0.15) is 11.5 Å². The summed E-state index contributed by atoms with van der Waals surface area (Å²) in [5.41, 5.74) is 0. The van der Waals surface area contributed by atoms with Gasteiger partial charge in [-0.15, -0.1) is 0 Å². The normalized spacial score (nSPS) is 24.1. The number of rotatable bonds is 8. The number of hydrogen-bond donors (Lipinski definition) is 5. The molecule has 5 N–H and O–H groups in total. The monoisotopic (exact) mass is 362 g/mol. The smallest absolute Gasteiger partial charge is 0.267 e. The van der Waals surface area contributed by atoms with E-state index in [4.69, 9.17) is 9.11 Å². The van der Waals surface area contributed by atoms with Gasteiger partial charge in [0.15, 0.2) is 0 Å². The predicted molar refractivity (Wildman–Crippen MR) is 77.7 cm³/mol. The second-order valence-electron chi connectivity index (χ2n) is 5.39. The van der Waals surface area contributed by atoms with Crippen LogP contribution in [0.25, 0.3) is 0 Å². The van der Waals surface area contributed by atoms with Crippen molar-refractivity contribution in [1.82, 2.24) is 10.2 Å². The van der Waals surface area contributed by atoms with Crippen LogP contribution in [0, 0.1) is 0 Å². The van der Waals surface area contributed by atoms with Gasteiger partial charge < -0.3 is 15.5 Å². The largest absolute Gasteiger partial charge is 0.392 e. The van der Waals surface area contributed by atoms with E-state index in [1.54, 1.807) is 4.90 Å². The van der Waals surface area contributed by atoms with Crippen LogP contribution in [0.4, 0.5) is 0 Å². The van der Waals surface area contributed by atoms with E-state index in [0.717, 1.165) is 0 Å². The second kappa shape index (κ2) is 7.97. The van der Waals surface area contributed by atoms with Crippen LogP contribution in [0.2, 0.25) is 0 Å². The van der Waals surface area contributed by atoms with Crippen molar-refractivity contribution in [3.8, 4) is 0 Å². The molecule has 0 radical (unpaired) electrons. The summed E-state index contributed by atoms with van der Waals surface area (Å²) in [7, 11) is -8.58. The lowest BCUT2D eigenvalue weighted by molar-refractivity contribution is 0.0575. The minimum Gasteiger partial charge on any atom is -0.392 e. The van der Waals surface area contributed by atoms with Crippen LogP contribution < -0.4 is 5.32 Å². The fourth-order valence-electron chi connectivity index (χ4n) is 2.47. The zero-order valence-corrected chi connectivity index (χ0v) is 13.5. The molecule has 0 amide bonds. The maximum atomic E-state index is 10.7. The molecule has 1 fully saturated rings. The Morgan fingerprint density at radius 3 is 2.14 bits per heavy atom. The maximum Gasteiger partial charge on any atom is 0.267 e. The molecule has 10 nitrogen and oxygen atoms in total. The van der Waals surface area contributed by atoms with Crippen molar-refractivity contribution in [3.05, 3.63) is 0 Å². The SMILES string of the molecule is O=S(=O)(O)CC(O)CC1CNCCN1CC(O)CS(=O)(=O)O. The van der Waals surface area contributed by atoms with Gasteiger partial charge in [0.25, 0.3) is 20.2 Å². The molecule has 3 unspecified atom stereocenters. The van der Waals surface area contributed by atoms with E-state index in [1.165, 1.54) is 0 Å². The molecule has 0 bridgehead atoms. The second-order valence-corrected chi connectivity index (χ2v) is 8.39. The highest BCUT2D eigenvalue weighted by molar-refractivity contribution is 7.86. The maximum absolute atomic E-state index is 10.7. The van der Waals surface area contributed by atoms with E-state index >= 15 is 0 Å². The highest BCUT2D eigenvalue weighted by atomic mass is 32.2. The summed E-state index contributed by atoms with van der Waals surface area (Å²) < 4.78 is 60.3. The number of β-amino-alcohol motifs (C(OH)–C–C–N with tert-alkyl or cyclic N) is 1. The Kier molecular flexibility index (Phi) is 7.14. The fourth-order valence-corrected chi connectivity index (χ4v) is 3.68. The summed E-state index contributed by atoms with van der Waals surface area (Å²) in [5, 5.41) is 22.4. The van der Waals surface area contributed by atoms with E-state index in [1.807, 2.05) is 0 Å². The summed E-state index contributed by atoms with van der Waals surface area (Å²) in [4.78, 5) is 1.71. The van der Waals surface area contributed by atoms with Crippen molar-refractivity contribution >= 4 is 20.2 Å². The zero-order chi connectivity index (χ0) is 17.0. The first kappa shape index (κ1) is 19.7. The van der Waals surface area contributed by atoms with E-state index in [9.17, 15) is 27.0 Å². The molecule has 0 aromatic heterocycles. The van der Waals surface area contributed by atoms with Gasteiger partial charge in [0, 0.05) is 32.2 Å². The standard InChI is InChI=1S/C10H22N2O8S2/c13-9(6-21(15,16)17)3-8-4-11-1-2-12(8)5-10(14)7-22(18,19)20/h8-11,13-14H,1-7H2,(H,15,16,17)(H,18,19,20). The fraction of sp³-hybridized carbons (Fsp3) is 1.00. The summed E-state index contributed by atoms with van der Waals surface area (Å²) in [6.07, 6.45) is -2.54. The Bertz CT molecular complexity index is 499. The Balaban J connectivity index is 2.59. The topological polar surface area (TPSA) is 164 Å².